The molecule has 0 radical (unpaired) electrons. The van der Waals surface area contributed by atoms with Crippen LogP contribution in [0.2, 0.25) is 0 Å². The van der Waals surface area contributed by atoms with Crippen LogP contribution in [-0.2, 0) is 27.1 Å². The molecule has 1 aliphatic carbocycles. The monoisotopic (exact) mass is 424 g/mol. The molecule has 1 aromatic rings. The predicted molar refractivity (Wildman–Crippen MR) is 118 cm³/mol. The van der Waals surface area contributed by atoms with Gasteiger partial charge in [0.2, 0.25) is 10.0 Å². The van der Waals surface area contributed by atoms with Crippen LogP contribution < -0.4 is 15.4 Å². The first-order valence-corrected chi connectivity index (χ1v) is 12.2. The summed E-state index contributed by atoms with van der Waals surface area (Å²) in [5, 5.41) is 6.55. The largest absolute Gasteiger partial charge is 0.381 e. The standard InChI is InChI=1S/C21H36N4O3S/c1-4-22-21(23-12-7-13-28-15-18-10-11-18)24-14-19-8-5-6-9-20(19)16-29(26,27)25-17(2)3/h5-6,8-9,17-18,25H,4,7,10-16H2,1-3H3,(H2,22,23,24). The van der Waals surface area contributed by atoms with Crippen molar-refractivity contribution in [3.05, 3.63) is 35.4 Å². The third kappa shape index (κ3) is 10.1. The summed E-state index contributed by atoms with van der Waals surface area (Å²) in [6.07, 6.45) is 3.55. The van der Waals surface area contributed by atoms with E-state index in [-0.39, 0.29) is 11.8 Å². The first-order chi connectivity index (χ1) is 13.9. The van der Waals surface area contributed by atoms with E-state index in [0.717, 1.165) is 55.7 Å². The SMILES string of the molecule is CCNC(=NCc1ccccc1CS(=O)(=O)NC(C)C)NCCCOCC1CC1. The summed E-state index contributed by atoms with van der Waals surface area (Å²) in [4.78, 5) is 4.63. The Hall–Kier alpha value is -1.64. The molecule has 0 atom stereocenters. The molecule has 0 heterocycles. The van der Waals surface area contributed by atoms with Gasteiger partial charge in [0.1, 0.15) is 0 Å². The summed E-state index contributed by atoms with van der Waals surface area (Å²) in [5.41, 5.74) is 1.68. The Kier molecular flexibility index (Phi) is 9.90. The Morgan fingerprint density at radius 2 is 1.93 bits per heavy atom. The number of guanidine groups is 1. The molecule has 1 aromatic carbocycles. The van der Waals surface area contributed by atoms with Crippen LogP contribution in [0.3, 0.4) is 0 Å². The lowest BCUT2D eigenvalue weighted by Gasteiger charge is -2.14. The van der Waals surface area contributed by atoms with Crippen LogP contribution in [0.1, 0.15) is 51.2 Å². The molecule has 1 fully saturated rings. The zero-order chi connectivity index (χ0) is 21.1. The van der Waals surface area contributed by atoms with Gasteiger partial charge in [0.05, 0.1) is 12.3 Å². The third-order valence-electron chi connectivity index (χ3n) is 4.44. The Balaban J connectivity index is 1.88. The molecule has 164 valence electrons. The molecule has 1 saturated carbocycles. The molecule has 0 aliphatic heterocycles. The lowest BCUT2D eigenvalue weighted by molar-refractivity contribution is 0.123. The maximum Gasteiger partial charge on any atom is 0.216 e. The lowest BCUT2D eigenvalue weighted by Crippen LogP contribution is -2.38. The number of nitrogens with one attached hydrogen (secondary N) is 3. The molecular weight excluding hydrogens is 388 g/mol. The number of rotatable bonds is 13. The molecule has 0 aromatic heterocycles. The van der Waals surface area contributed by atoms with Gasteiger partial charge in [0.25, 0.3) is 0 Å². The van der Waals surface area contributed by atoms with Crippen LogP contribution in [0.15, 0.2) is 29.3 Å². The van der Waals surface area contributed by atoms with E-state index in [2.05, 4.69) is 20.3 Å². The van der Waals surface area contributed by atoms with E-state index < -0.39 is 10.0 Å². The van der Waals surface area contributed by atoms with Gasteiger partial charge in [-0.2, -0.15) is 0 Å². The van der Waals surface area contributed by atoms with E-state index in [0.29, 0.717) is 6.54 Å². The highest BCUT2D eigenvalue weighted by Gasteiger charge is 2.20. The third-order valence-corrected chi connectivity index (χ3v) is 5.96. The first kappa shape index (κ1) is 23.6. The number of hydrogen-bond acceptors (Lipinski definition) is 4. The number of benzene rings is 1. The van der Waals surface area contributed by atoms with Gasteiger partial charge >= 0.3 is 0 Å². The minimum Gasteiger partial charge on any atom is -0.381 e. The highest BCUT2D eigenvalue weighted by Crippen LogP contribution is 2.28. The van der Waals surface area contributed by atoms with Crippen molar-refractivity contribution in [1.82, 2.24) is 15.4 Å². The predicted octanol–water partition coefficient (Wildman–Crippen LogP) is 2.39. The van der Waals surface area contributed by atoms with Crippen molar-refractivity contribution in [2.45, 2.75) is 58.4 Å². The van der Waals surface area contributed by atoms with Crippen LogP contribution in [0.4, 0.5) is 0 Å². The van der Waals surface area contributed by atoms with Crippen LogP contribution in [0, 0.1) is 5.92 Å². The average molecular weight is 425 g/mol. The summed E-state index contributed by atoms with van der Waals surface area (Å²) < 4.78 is 32.9. The Morgan fingerprint density at radius 3 is 2.59 bits per heavy atom. The molecule has 2 rings (SSSR count). The second-order valence-corrected chi connectivity index (χ2v) is 9.55. The summed E-state index contributed by atoms with van der Waals surface area (Å²) in [6.45, 7) is 9.27. The lowest BCUT2D eigenvalue weighted by atomic mass is 10.1. The van der Waals surface area contributed by atoms with Crippen LogP contribution >= 0.6 is 0 Å². The average Bonchev–Trinajstić information content (AvgIpc) is 3.46. The summed E-state index contributed by atoms with van der Waals surface area (Å²) in [5.74, 6) is 1.48. The minimum atomic E-state index is -3.37. The zero-order valence-electron chi connectivity index (χ0n) is 17.9. The maximum absolute atomic E-state index is 12.3. The molecule has 3 N–H and O–H groups in total. The first-order valence-electron chi connectivity index (χ1n) is 10.6. The van der Waals surface area contributed by atoms with E-state index in [1.165, 1.54) is 12.8 Å². The number of ether oxygens (including phenoxy) is 1. The highest BCUT2D eigenvalue weighted by atomic mass is 32.2. The van der Waals surface area contributed by atoms with Gasteiger partial charge in [-0.3, -0.25) is 0 Å². The molecule has 0 spiro atoms. The van der Waals surface area contributed by atoms with E-state index in [1.807, 2.05) is 45.0 Å². The van der Waals surface area contributed by atoms with E-state index >= 15 is 0 Å². The van der Waals surface area contributed by atoms with Gasteiger partial charge in [0, 0.05) is 32.3 Å². The Morgan fingerprint density at radius 1 is 1.21 bits per heavy atom. The van der Waals surface area contributed by atoms with Crippen molar-refractivity contribution < 1.29 is 13.2 Å². The Labute approximate surface area is 175 Å². The van der Waals surface area contributed by atoms with E-state index in [9.17, 15) is 8.42 Å². The quantitative estimate of drug-likeness (QED) is 0.257. The van der Waals surface area contributed by atoms with Crippen molar-refractivity contribution in [3.8, 4) is 0 Å². The van der Waals surface area contributed by atoms with E-state index in [1.54, 1.807) is 0 Å². The molecule has 7 nitrogen and oxygen atoms in total. The zero-order valence-corrected chi connectivity index (χ0v) is 18.7. The van der Waals surface area contributed by atoms with Crippen LogP contribution in [0.25, 0.3) is 0 Å². The molecule has 0 unspecified atom stereocenters. The number of sulfonamides is 1. The van der Waals surface area contributed by atoms with E-state index in [4.69, 9.17) is 4.74 Å². The topological polar surface area (TPSA) is 91.8 Å². The number of hydrogen-bond donors (Lipinski definition) is 3. The van der Waals surface area contributed by atoms with Crippen molar-refractivity contribution in [3.63, 3.8) is 0 Å². The van der Waals surface area contributed by atoms with Crippen molar-refractivity contribution in [2.24, 2.45) is 10.9 Å². The van der Waals surface area contributed by atoms with Crippen molar-refractivity contribution in [2.75, 3.05) is 26.3 Å². The van der Waals surface area contributed by atoms with Gasteiger partial charge in [0.15, 0.2) is 5.96 Å². The molecule has 0 bridgehead atoms. The number of nitrogens with zero attached hydrogens (tertiary/aromatic N) is 1. The van der Waals surface area contributed by atoms with Gasteiger partial charge in [-0.25, -0.2) is 18.1 Å². The molecule has 1 aliphatic rings. The fourth-order valence-electron chi connectivity index (χ4n) is 2.88. The summed E-state index contributed by atoms with van der Waals surface area (Å²) in [6, 6.07) is 7.43. The molecule has 0 amide bonds. The summed E-state index contributed by atoms with van der Waals surface area (Å²) >= 11 is 0. The normalized spacial score (nSPS) is 15.0. The fraction of sp³-hybridized carbons (Fsp3) is 0.667. The smallest absolute Gasteiger partial charge is 0.216 e. The summed E-state index contributed by atoms with van der Waals surface area (Å²) in [7, 11) is -3.37. The fourth-order valence-corrected chi connectivity index (χ4v) is 4.37. The molecule has 29 heavy (non-hydrogen) atoms. The van der Waals surface area contributed by atoms with Crippen molar-refractivity contribution >= 4 is 16.0 Å². The molecule has 8 heteroatoms. The van der Waals surface area contributed by atoms with Gasteiger partial charge in [-0.15, -0.1) is 0 Å². The maximum atomic E-state index is 12.3. The van der Waals surface area contributed by atoms with Gasteiger partial charge in [-0.1, -0.05) is 24.3 Å². The number of aliphatic imine (C=N–C) groups is 1. The van der Waals surface area contributed by atoms with Crippen LogP contribution in [0.5, 0.6) is 0 Å². The second kappa shape index (κ2) is 12.1. The molecular formula is C21H36N4O3S. The van der Waals surface area contributed by atoms with Gasteiger partial charge in [-0.05, 0) is 57.1 Å². The van der Waals surface area contributed by atoms with Gasteiger partial charge < -0.3 is 15.4 Å². The van der Waals surface area contributed by atoms with Crippen molar-refractivity contribution in [1.29, 1.82) is 0 Å². The second-order valence-electron chi connectivity index (χ2n) is 7.79. The minimum absolute atomic E-state index is 0.0425. The molecule has 0 saturated heterocycles. The van der Waals surface area contributed by atoms with Crippen LogP contribution in [-0.4, -0.2) is 46.7 Å². The Bertz CT molecular complexity index is 746. The highest BCUT2D eigenvalue weighted by molar-refractivity contribution is 7.88.